The van der Waals surface area contributed by atoms with Crippen LogP contribution in [0.15, 0.2) is 0 Å². The van der Waals surface area contributed by atoms with E-state index in [9.17, 15) is 0 Å². The molecule has 0 aliphatic heterocycles. The molecule has 0 bridgehead atoms. The summed E-state index contributed by atoms with van der Waals surface area (Å²) in [5.41, 5.74) is 0. The van der Waals surface area contributed by atoms with E-state index in [1.807, 2.05) is 0 Å². The number of rotatable bonds is 6. The van der Waals surface area contributed by atoms with E-state index in [-0.39, 0.29) is 0 Å². The van der Waals surface area contributed by atoms with E-state index in [4.69, 9.17) is 12.6 Å². The molecule has 0 heterocycles. The Labute approximate surface area is 70.8 Å². The first-order chi connectivity index (χ1) is 4.81. The lowest BCUT2D eigenvalue weighted by atomic mass is 10.00. The van der Waals surface area contributed by atoms with Crippen molar-refractivity contribution in [1.29, 1.82) is 0 Å². The predicted octanol–water partition coefficient (Wildman–Crippen LogP) is 3.79. The number of unbranched alkanes of at least 4 members (excludes halogenated alkanes) is 1. The molecule has 0 saturated heterocycles. The van der Waals surface area contributed by atoms with Crippen LogP contribution in [0.2, 0.25) is 0 Å². The minimum atomic E-state index is 0.905. The van der Waals surface area contributed by atoms with Crippen LogP contribution in [0.1, 0.15) is 46.0 Å². The normalized spacial score (nSPS) is 13.5. The topological polar surface area (TPSA) is 0 Å². The van der Waals surface area contributed by atoms with E-state index in [1.54, 1.807) is 0 Å². The minimum absolute atomic E-state index is 0.905. The Balaban J connectivity index is 3.00. The zero-order chi connectivity index (χ0) is 7.82. The largest absolute Gasteiger partial charge is 0.0942 e. The summed E-state index contributed by atoms with van der Waals surface area (Å²) in [6, 6.07) is 0. The van der Waals surface area contributed by atoms with Gasteiger partial charge in [-0.05, 0) is 18.8 Å². The maximum absolute atomic E-state index is 4.88. The maximum atomic E-state index is 4.88. The third-order valence-electron chi connectivity index (χ3n) is 1.89. The van der Waals surface area contributed by atoms with E-state index in [2.05, 4.69) is 13.8 Å². The highest BCUT2D eigenvalue weighted by molar-refractivity contribution is 7.80. The highest BCUT2D eigenvalue weighted by Gasteiger charge is 1.99. The van der Waals surface area contributed by atoms with Crippen molar-refractivity contribution in [3.8, 4) is 0 Å². The smallest absolute Gasteiger partial charge is 0.00370 e. The van der Waals surface area contributed by atoms with Crippen molar-refractivity contribution in [1.82, 2.24) is 0 Å². The summed E-state index contributed by atoms with van der Waals surface area (Å²) >= 11 is 4.88. The van der Waals surface area contributed by atoms with Gasteiger partial charge in [-0.25, -0.2) is 0 Å². The van der Waals surface area contributed by atoms with Gasteiger partial charge in [-0.1, -0.05) is 45.7 Å². The second kappa shape index (κ2) is 7.46. The monoisotopic (exact) mass is 159 g/mol. The van der Waals surface area contributed by atoms with Gasteiger partial charge in [-0.2, -0.15) is 0 Å². The SMILES string of the molecule is CCCCC(C)CCC[S]. The Hall–Kier alpha value is 0.350. The Morgan fingerprint density at radius 3 is 2.30 bits per heavy atom. The third kappa shape index (κ3) is 6.47. The lowest BCUT2D eigenvalue weighted by Gasteiger charge is -2.08. The second-order valence-electron chi connectivity index (χ2n) is 3.09. The molecule has 1 heteroatoms. The molecule has 0 amide bonds. The van der Waals surface area contributed by atoms with Crippen molar-refractivity contribution in [2.75, 3.05) is 5.75 Å². The van der Waals surface area contributed by atoms with Crippen molar-refractivity contribution in [2.24, 2.45) is 5.92 Å². The van der Waals surface area contributed by atoms with E-state index in [0.29, 0.717) is 0 Å². The molecule has 0 nitrogen and oxygen atoms in total. The molecule has 0 aliphatic rings. The molecule has 61 valence electrons. The minimum Gasteiger partial charge on any atom is -0.0942 e. The molecule has 1 radical (unpaired) electrons. The van der Waals surface area contributed by atoms with Crippen LogP contribution in [0.4, 0.5) is 0 Å². The molecule has 0 aromatic rings. The molecule has 0 aliphatic carbocycles. The molecule has 0 saturated carbocycles. The number of hydrogen-bond donors (Lipinski definition) is 0. The fraction of sp³-hybridized carbons (Fsp3) is 1.00. The predicted molar refractivity (Wildman–Crippen MR) is 50.4 cm³/mol. The van der Waals surface area contributed by atoms with Gasteiger partial charge in [-0.15, -0.1) is 0 Å². The quantitative estimate of drug-likeness (QED) is 0.553. The summed E-state index contributed by atoms with van der Waals surface area (Å²) in [5, 5.41) is 0. The lowest BCUT2D eigenvalue weighted by molar-refractivity contribution is 0.468. The molecule has 10 heavy (non-hydrogen) atoms. The average Bonchev–Trinajstić information content (AvgIpc) is 1.97. The van der Waals surface area contributed by atoms with Gasteiger partial charge in [0.2, 0.25) is 0 Å². The van der Waals surface area contributed by atoms with Gasteiger partial charge in [0.1, 0.15) is 0 Å². The van der Waals surface area contributed by atoms with Crippen molar-refractivity contribution < 1.29 is 0 Å². The zero-order valence-corrected chi connectivity index (χ0v) is 8.04. The van der Waals surface area contributed by atoms with Crippen LogP contribution in [0.25, 0.3) is 0 Å². The Bertz CT molecular complexity index is 53.7. The Morgan fingerprint density at radius 1 is 1.20 bits per heavy atom. The Morgan fingerprint density at radius 2 is 1.80 bits per heavy atom. The van der Waals surface area contributed by atoms with Gasteiger partial charge < -0.3 is 0 Å². The average molecular weight is 159 g/mol. The van der Waals surface area contributed by atoms with Crippen LogP contribution in [0.5, 0.6) is 0 Å². The van der Waals surface area contributed by atoms with Crippen LogP contribution >= 0.6 is 12.6 Å². The molecule has 0 rings (SSSR count). The summed E-state index contributed by atoms with van der Waals surface area (Å²) in [6.45, 7) is 4.58. The first kappa shape index (κ1) is 10.3. The van der Waals surface area contributed by atoms with E-state index in [0.717, 1.165) is 11.7 Å². The van der Waals surface area contributed by atoms with Crippen molar-refractivity contribution in [3.63, 3.8) is 0 Å². The second-order valence-corrected chi connectivity index (χ2v) is 3.50. The van der Waals surface area contributed by atoms with Gasteiger partial charge in [0, 0.05) is 5.75 Å². The molecule has 0 spiro atoms. The summed E-state index contributed by atoms with van der Waals surface area (Å²) in [7, 11) is 0. The van der Waals surface area contributed by atoms with E-state index < -0.39 is 0 Å². The van der Waals surface area contributed by atoms with Crippen molar-refractivity contribution in [3.05, 3.63) is 0 Å². The molecule has 0 N–H and O–H groups in total. The van der Waals surface area contributed by atoms with Crippen LogP contribution in [-0.2, 0) is 0 Å². The lowest BCUT2D eigenvalue weighted by Crippen LogP contribution is -1.94. The van der Waals surface area contributed by atoms with Crippen molar-refractivity contribution in [2.45, 2.75) is 46.0 Å². The van der Waals surface area contributed by atoms with Gasteiger partial charge in [0.05, 0.1) is 0 Å². The molecular weight excluding hydrogens is 140 g/mol. The summed E-state index contributed by atoms with van der Waals surface area (Å²) in [4.78, 5) is 0. The van der Waals surface area contributed by atoms with E-state index in [1.165, 1.54) is 32.1 Å². The van der Waals surface area contributed by atoms with Gasteiger partial charge >= 0.3 is 0 Å². The molecule has 0 aromatic heterocycles. The molecule has 0 fully saturated rings. The van der Waals surface area contributed by atoms with Crippen LogP contribution in [0, 0.1) is 5.92 Å². The zero-order valence-electron chi connectivity index (χ0n) is 7.23. The summed E-state index contributed by atoms with van der Waals surface area (Å²) in [5.74, 6) is 1.85. The fourth-order valence-electron chi connectivity index (χ4n) is 1.13. The fourth-order valence-corrected chi connectivity index (χ4v) is 1.30. The third-order valence-corrected chi connectivity index (χ3v) is 2.18. The van der Waals surface area contributed by atoms with E-state index >= 15 is 0 Å². The van der Waals surface area contributed by atoms with Gasteiger partial charge in [0.25, 0.3) is 0 Å². The van der Waals surface area contributed by atoms with Crippen LogP contribution in [-0.4, -0.2) is 5.75 Å². The van der Waals surface area contributed by atoms with Crippen molar-refractivity contribution >= 4 is 12.6 Å². The molecule has 1 unspecified atom stereocenters. The van der Waals surface area contributed by atoms with Crippen LogP contribution in [0.3, 0.4) is 0 Å². The Kier molecular flexibility index (Phi) is 7.72. The van der Waals surface area contributed by atoms with Gasteiger partial charge in [0.15, 0.2) is 0 Å². The standard InChI is InChI=1S/C9H19S/c1-3-4-6-9(2)7-5-8-10/h9H,3-8H2,1-2H3. The highest BCUT2D eigenvalue weighted by atomic mass is 32.1. The van der Waals surface area contributed by atoms with Gasteiger partial charge in [-0.3, -0.25) is 0 Å². The first-order valence-electron chi connectivity index (χ1n) is 4.39. The highest BCUT2D eigenvalue weighted by Crippen LogP contribution is 2.13. The number of hydrogen-bond acceptors (Lipinski definition) is 0. The summed E-state index contributed by atoms with van der Waals surface area (Å²) in [6.07, 6.45) is 6.69. The first-order valence-corrected chi connectivity index (χ1v) is 4.97. The molecular formula is C9H19S. The summed E-state index contributed by atoms with van der Waals surface area (Å²) < 4.78 is 0. The molecule has 0 aromatic carbocycles. The maximum Gasteiger partial charge on any atom is 0.00370 e. The van der Waals surface area contributed by atoms with Crippen LogP contribution < -0.4 is 0 Å². The molecule has 1 atom stereocenters.